The SMILES string of the molecule is Cc1ccc(OC(F)F)c(NC(=O)[C@H](C)Cn2nc(C)c(Cl)c2C)c1. The number of hydrogen-bond acceptors (Lipinski definition) is 3. The van der Waals surface area contributed by atoms with Gasteiger partial charge in [-0.05, 0) is 38.5 Å². The van der Waals surface area contributed by atoms with Gasteiger partial charge in [-0.25, -0.2) is 0 Å². The van der Waals surface area contributed by atoms with E-state index in [0.717, 1.165) is 11.3 Å². The Morgan fingerprint density at radius 3 is 2.60 bits per heavy atom. The minimum atomic E-state index is -2.97. The lowest BCUT2D eigenvalue weighted by molar-refractivity contribution is -0.119. The van der Waals surface area contributed by atoms with Crippen LogP contribution in [0.1, 0.15) is 23.9 Å². The molecular weight excluding hydrogens is 352 g/mol. The molecule has 136 valence electrons. The maximum Gasteiger partial charge on any atom is 0.387 e. The van der Waals surface area contributed by atoms with Gasteiger partial charge in [-0.1, -0.05) is 24.6 Å². The van der Waals surface area contributed by atoms with Crippen LogP contribution in [-0.4, -0.2) is 22.3 Å². The summed E-state index contributed by atoms with van der Waals surface area (Å²) in [5.41, 5.74) is 2.49. The molecular formula is C17H20ClF2N3O2. The zero-order valence-corrected chi connectivity index (χ0v) is 15.2. The summed E-state index contributed by atoms with van der Waals surface area (Å²) in [7, 11) is 0. The highest BCUT2D eigenvalue weighted by Gasteiger charge is 2.19. The molecule has 0 saturated carbocycles. The first-order chi connectivity index (χ1) is 11.7. The number of alkyl halides is 2. The highest BCUT2D eigenvalue weighted by atomic mass is 35.5. The average molecular weight is 372 g/mol. The fraction of sp³-hybridized carbons (Fsp3) is 0.412. The fourth-order valence-corrected chi connectivity index (χ4v) is 2.53. The van der Waals surface area contributed by atoms with Crippen molar-refractivity contribution in [3.8, 4) is 5.75 Å². The van der Waals surface area contributed by atoms with Gasteiger partial charge in [0.1, 0.15) is 5.75 Å². The number of rotatable bonds is 6. The Kier molecular flexibility index (Phi) is 6.00. The Labute approximate surface area is 149 Å². The molecule has 1 aromatic heterocycles. The Morgan fingerprint density at radius 2 is 2.04 bits per heavy atom. The summed E-state index contributed by atoms with van der Waals surface area (Å²) in [6, 6.07) is 4.62. The molecule has 1 N–H and O–H groups in total. The smallest absolute Gasteiger partial charge is 0.387 e. The lowest BCUT2D eigenvalue weighted by Gasteiger charge is -2.16. The Hall–Kier alpha value is -2.15. The van der Waals surface area contributed by atoms with Crippen molar-refractivity contribution >= 4 is 23.2 Å². The average Bonchev–Trinajstić information content (AvgIpc) is 2.76. The van der Waals surface area contributed by atoms with Crippen LogP contribution in [0.4, 0.5) is 14.5 Å². The van der Waals surface area contributed by atoms with E-state index in [1.54, 1.807) is 37.6 Å². The molecule has 1 amide bonds. The van der Waals surface area contributed by atoms with E-state index in [9.17, 15) is 13.6 Å². The first kappa shape index (κ1) is 19.2. The van der Waals surface area contributed by atoms with Crippen LogP contribution in [0.5, 0.6) is 5.75 Å². The largest absolute Gasteiger partial charge is 0.433 e. The molecule has 0 saturated heterocycles. The van der Waals surface area contributed by atoms with Gasteiger partial charge in [0.05, 0.1) is 34.6 Å². The summed E-state index contributed by atoms with van der Waals surface area (Å²) in [6.07, 6.45) is 0. The van der Waals surface area contributed by atoms with Gasteiger partial charge < -0.3 is 10.1 Å². The van der Waals surface area contributed by atoms with Crippen LogP contribution in [0.2, 0.25) is 5.02 Å². The molecule has 0 radical (unpaired) electrons. The number of aromatic nitrogens is 2. The van der Waals surface area contributed by atoms with Crippen molar-refractivity contribution in [2.75, 3.05) is 5.32 Å². The minimum Gasteiger partial charge on any atom is -0.433 e. The van der Waals surface area contributed by atoms with Crippen molar-refractivity contribution in [2.24, 2.45) is 5.92 Å². The molecule has 0 spiro atoms. The van der Waals surface area contributed by atoms with Crippen molar-refractivity contribution in [2.45, 2.75) is 40.9 Å². The van der Waals surface area contributed by atoms with Gasteiger partial charge in [-0.3, -0.25) is 9.48 Å². The molecule has 0 aliphatic heterocycles. The van der Waals surface area contributed by atoms with Crippen molar-refractivity contribution in [3.63, 3.8) is 0 Å². The van der Waals surface area contributed by atoms with Crippen molar-refractivity contribution in [3.05, 3.63) is 40.2 Å². The molecule has 0 aliphatic carbocycles. The van der Waals surface area contributed by atoms with Crippen LogP contribution in [0.3, 0.4) is 0 Å². The predicted octanol–water partition coefficient (Wildman–Crippen LogP) is 4.34. The number of nitrogens with zero attached hydrogens (tertiary/aromatic N) is 2. The lowest BCUT2D eigenvalue weighted by Crippen LogP contribution is -2.25. The summed E-state index contributed by atoms with van der Waals surface area (Å²) in [4.78, 5) is 12.4. The highest BCUT2D eigenvalue weighted by molar-refractivity contribution is 6.31. The van der Waals surface area contributed by atoms with Gasteiger partial charge in [-0.2, -0.15) is 13.9 Å². The first-order valence-electron chi connectivity index (χ1n) is 7.75. The molecule has 25 heavy (non-hydrogen) atoms. The molecule has 0 unspecified atom stereocenters. The van der Waals surface area contributed by atoms with Gasteiger partial charge in [0.15, 0.2) is 0 Å². The van der Waals surface area contributed by atoms with E-state index in [2.05, 4.69) is 15.2 Å². The van der Waals surface area contributed by atoms with Crippen LogP contribution in [0.25, 0.3) is 0 Å². The number of ether oxygens (including phenoxy) is 1. The normalized spacial score (nSPS) is 12.3. The molecule has 0 fully saturated rings. The summed E-state index contributed by atoms with van der Waals surface area (Å²) < 4.78 is 31.1. The van der Waals surface area contributed by atoms with E-state index >= 15 is 0 Å². The van der Waals surface area contributed by atoms with Crippen LogP contribution >= 0.6 is 11.6 Å². The number of carbonyl (C=O) groups excluding carboxylic acids is 1. The lowest BCUT2D eigenvalue weighted by atomic mass is 10.1. The van der Waals surface area contributed by atoms with Gasteiger partial charge in [0.2, 0.25) is 5.91 Å². The minimum absolute atomic E-state index is 0.0738. The quantitative estimate of drug-likeness (QED) is 0.821. The second kappa shape index (κ2) is 7.82. The monoisotopic (exact) mass is 371 g/mol. The van der Waals surface area contributed by atoms with Gasteiger partial charge in [-0.15, -0.1) is 0 Å². The predicted molar refractivity (Wildman–Crippen MR) is 92.3 cm³/mol. The van der Waals surface area contributed by atoms with Crippen molar-refractivity contribution in [1.82, 2.24) is 9.78 Å². The van der Waals surface area contributed by atoms with E-state index in [1.165, 1.54) is 6.07 Å². The first-order valence-corrected chi connectivity index (χ1v) is 8.12. The number of benzene rings is 1. The molecule has 5 nitrogen and oxygen atoms in total. The topological polar surface area (TPSA) is 56.1 Å². The number of carbonyl (C=O) groups is 1. The van der Waals surface area contributed by atoms with Gasteiger partial charge in [0.25, 0.3) is 0 Å². The third-order valence-corrected chi connectivity index (χ3v) is 4.34. The maximum atomic E-state index is 12.5. The molecule has 1 heterocycles. The highest BCUT2D eigenvalue weighted by Crippen LogP contribution is 2.28. The van der Waals surface area contributed by atoms with Crippen LogP contribution in [-0.2, 0) is 11.3 Å². The molecule has 2 aromatic rings. The summed E-state index contributed by atoms with van der Waals surface area (Å²) in [6.45, 7) is 4.49. The maximum absolute atomic E-state index is 12.5. The van der Waals surface area contributed by atoms with Gasteiger partial charge >= 0.3 is 6.61 Å². The zero-order chi connectivity index (χ0) is 18.7. The van der Waals surface area contributed by atoms with Crippen LogP contribution < -0.4 is 10.1 Å². The van der Waals surface area contributed by atoms with Crippen LogP contribution in [0.15, 0.2) is 18.2 Å². The number of nitrogens with one attached hydrogen (secondary N) is 1. The zero-order valence-electron chi connectivity index (χ0n) is 14.4. The summed E-state index contributed by atoms with van der Waals surface area (Å²) >= 11 is 6.11. The Bertz CT molecular complexity index is 777. The number of aryl methyl sites for hydroxylation is 2. The van der Waals surface area contributed by atoms with E-state index in [4.69, 9.17) is 11.6 Å². The van der Waals surface area contributed by atoms with E-state index in [-0.39, 0.29) is 17.3 Å². The molecule has 1 atom stereocenters. The molecule has 2 rings (SSSR count). The van der Waals surface area contributed by atoms with Crippen molar-refractivity contribution < 1.29 is 18.3 Å². The van der Waals surface area contributed by atoms with Crippen LogP contribution in [0, 0.1) is 26.7 Å². The molecule has 1 aromatic carbocycles. The fourth-order valence-electron chi connectivity index (χ4n) is 2.39. The van der Waals surface area contributed by atoms with Crippen molar-refractivity contribution in [1.29, 1.82) is 0 Å². The summed E-state index contributed by atoms with van der Waals surface area (Å²) in [5, 5.41) is 7.51. The number of anilines is 1. The van der Waals surface area contributed by atoms with E-state index in [0.29, 0.717) is 17.3 Å². The molecule has 0 aliphatic rings. The standard InChI is InChI=1S/C17H20ClF2N3O2/c1-9-5-6-14(25-17(19)20)13(7-9)21-16(24)10(2)8-23-12(4)15(18)11(3)22-23/h5-7,10,17H,8H2,1-4H3,(H,21,24)/t10-/m1/s1. The van der Waals surface area contributed by atoms with Gasteiger partial charge in [0, 0.05) is 0 Å². The Morgan fingerprint density at radius 1 is 1.36 bits per heavy atom. The number of halogens is 3. The third kappa shape index (κ3) is 4.69. The molecule has 8 heteroatoms. The third-order valence-electron chi connectivity index (χ3n) is 3.80. The summed E-state index contributed by atoms with van der Waals surface area (Å²) in [5.74, 6) is -0.849. The second-order valence-corrected chi connectivity index (χ2v) is 6.31. The van der Waals surface area contributed by atoms with E-state index in [1.807, 2.05) is 6.92 Å². The van der Waals surface area contributed by atoms with E-state index < -0.39 is 12.5 Å². The second-order valence-electron chi connectivity index (χ2n) is 5.94. The number of amides is 1. The Balaban J connectivity index is 2.13. The number of hydrogen-bond donors (Lipinski definition) is 1. The molecule has 0 bridgehead atoms.